The minimum absolute atomic E-state index is 0.0419. The van der Waals surface area contributed by atoms with Crippen molar-refractivity contribution < 1.29 is 22.8 Å². The van der Waals surface area contributed by atoms with E-state index < -0.39 is 34.2 Å². The molecule has 9 heteroatoms. The largest absolute Gasteiger partial charge is 0.434 e. The first-order chi connectivity index (χ1) is 12.9. The molecular formula is C19H19F3N4O2. The fraction of sp³-hybridized carbons (Fsp3) is 0.526. The summed E-state index contributed by atoms with van der Waals surface area (Å²) in [5.41, 5.74) is -3.19. The zero-order valence-electron chi connectivity index (χ0n) is 15.7. The first-order valence-corrected chi connectivity index (χ1v) is 8.76. The van der Waals surface area contributed by atoms with Gasteiger partial charge >= 0.3 is 6.18 Å². The number of hydrogen-bond donors (Lipinski definition) is 0. The smallest absolute Gasteiger partial charge is 0.338 e. The monoisotopic (exact) mass is 392 g/mol. The van der Waals surface area contributed by atoms with E-state index in [9.17, 15) is 28.0 Å². The third-order valence-corrected chi connectivity index (χ3v) is 5.30. The number of hydrogen-bond acceptors (Lipinski definition) is 5. The number of carbonyl (C=O) groups excluding carboxylic acids is 2. The van der Waals surface area contributed by atoms with Crippen molar-refractivity contribution in [2.24, 2.45) is 10.8 Å². The summed E-state index contributed by atoms with van der Waals surface area (Å²) >= 11 is 0. The van der Waals surface area contributed by atoms with Crippen molar-refractivity contribution in [3.8, 4) is 6.07 Å². The van der Waals surface area contributed by atoms with Crippen LogP contribution in [0.3, 0.4) is 0 Å². The average Bonchev–Trinajstić information content (AvgIpc) is 2.99. The number of rotatable bonds is 1. The predicted octanol–water partition coefficient (Wildman–Crippen LogP) is 3.09. The number of amides is 1. The number of nitriles is 1. The maximum atomic E-state index is 13.3. The molecule has 1 aromatic rings. The second kappa shape index (κ2) is 6.40. The first kappa shape index (κ1) is 20.0. The fourth-order valence-electron chi connectivity index (χ4n) is 4.18. The van der Waals surface area contributed by atoms with Gasteiger partial charge in [0.1, 0.15) is 11.9 Å². The van der Waals surface area contributed by atoms with Crippen molar-refractivity contribution >= 4 is 11.7 Å². The van der Waals surface area contributed by atoms with Crippen molar-refractivity contribution in [1.29, 1.82) is 5.26 Å². The molecule has 2 aliphatic rings. The number of allylic oxidation sites excluding steroid dienone is 1. The van der Waals surface area contributed by atoms with Crippen molar-refractivity contribution in [1.82, 2.24) is 14.9 Å². The third kappa shape index (κ3) is 3.39. The molecule has 1 atom stereocenters. The molecule has 1 amide bonds. The van der Waals surface area contributed by atoms with Crippen LogP contribution >= 0.6 is 0 Å². The molecule has 1 spiro atoms. The highest BCUT2D eigenvalue weighted by atomic mass is 19.4. The molecule has 28 heavy (non-hydrogen) atoms. The van der Waals surface area contributed by atoms with Crippen LogP contribution in [0.5, 0.6) is 0 Å². The molecule has 3 rings (SSSR count). The summed E-state index contributed by atoms with van der Waals surface area (Å²) in [6.45, 7) is 5.16. The Bertz CT molecular complexity index is 930. The van der Waals surface area contributed by atoms with Gasteiger partial charge in [-0.15, -0.1) is 0 Å². The van der Waals surface area contributed by atoms with E-state index in [1.165, 1.54) is 11.8 Å². The molecule has 1 fully saturated rings. The Labute approximate surface area is 160 Å². The van der Waals surface area contributed by atoms with Crippen LogP contribution in [-0.4, -0.2) is 39.6 Å². The number of nitrogens with zero attached hydrogens (tertiary/aromatic N) is 4. The second-order valence-electron chi connectivity index (χ2n) is 8.08. The molecule has 1 aliphatic carbocycles. The van der Waals surface area contributed by atoms with Crippen molar-refractivity contribution in [2.45, 2.75) is 39.8 Å². The lowest BCUT2D eigenvalue weighted by Gasteiger charge is -2.38. The van der Waals surface area contributed by atoms with E-state index in [1.54, 1.807) is 19.9 Å². The molecular weight excluding hydrogens is 373 g/mol. The molecule has 0 aromatic carbocycles. The van der Waals surface area contributed by atoms with E-state index in [1.807, 2.05) is 6.07 Å². The van der Waals surface area contributed by atoms with Gasteiger partial charge in [-0.05, 0) is 19.8 Å². The van der Waals surface area contributed by atoms with Gasteiger partial charge in [0.15, 0.2) is 11.5 Å². The molecule has 1 saturated heterocycles. The van der Waals surface area contributed by atoms with E-state index in [-0.39, 0.29) is 30.3 Å². The van der Waals surface area contributed by atoms with Crippen LogP contribution in [0.2, 0.25) is 0 Å². The molecule has 2 heterocycles. The second-order valence-corrected chi connectivity index (χ2v) is 8.08. The number of alkyl halides is 3. The summed E-state index contributed by atoms with van der Waals surface area (Å²) in [5, 5.41) is 9.28. The standard InChI is InChI=1S/C19H19F3N4O2/c1-11-24-8-13(14(25-11)19(20,21)22)16(28)26-5-4-18(10-26)6-12(7-23)15(27)17(2,3)9-18/h6,8H,4-5,9-10H2,1-3H3/t18-/m1/s1. The third-order valence-electron chi connectivity index (χ3n) is 5.30. The number of Topliss-reactive ketones (excluding diaryl/α,β-unsaturated/α-hetero) is 1. The Kier molecular flexibility index (Phi) is 4.57. The predicted molar refractivity (Wildman–Crippen MR) is 91.8 cm³/mol. The quantitative estimate of drug-likeness (QED) is 0.733. The lowest BCUT2D eigenvalue weighted by atomic mass is 9.64. The molecule has 0 N–H and O–H groups in total. The molecule has 6 nitrogen and oxygen atoms in total. The zero-order valence-corrected chi connectivity index (χ0v) is 15.7. The van der Waals surface area contributed by atoms with Gasteiger partial charge in [-0.25, -0.2) is 9.97 Å². The van der Waals surface area contributed by atoms with E-state index in [4.69, 9.17) is 0 Å². The van der Waals surface area contributed by atoms with Gasteiger partial charge in [-0.2, -0.15) is 18.4 Å². The molecule has 0 saturated carbocycles. The van der Waals surface area contributed by atoms with Crippen molar-refractivity contribution in [2.75, 3.05) is 13.1 Å². The SMILES string of the molecule is Cc1ncc(C(=O)N2CC[C@]3(C=C(C#N)C(=O)C(C)(C)C3)C2)c(C(F)(F)F)n1. The summed E-state index contributed by atoms with van der Waals surface area (Å²) in [6, 6.07) is 1.91. The van der Waals surface area contributed by atoms with Crippen LogP contribution in [0.25, 0.3) is 0 Å². The van der Waals surface area contributed by atoms with Crippen LogP contribution in [0, 0.1) is 29.1 Å². The van der Waals surface area contributed by atoms with Gasteiger partial charge in [0.05, 0.1) is 11.1 Å². The Balaban J connectivity index is 1.93. The Morgan fingerprint density at radius 1 is 1.36 bits per heavy atom. The lowest BCUT2D eigenvalue weighted by Crippen LogP contribution is -2.41. The molecule has 148 valence electrons. The van der Waals surface area contributed by atoms with Gasteiger partial charge in [0.25, 0.3) is 5.91 Å². The Morgan fingerprint density at radius 3 is 2.64 bits per heavy atom. The molecule has 0 bridgehead atoms. The molecule has 0 unspecified atom stereocenters. The highest BCUT2D eigenvalue weighted by molar-refractivity contribution is 6.04. The molecule has 1 aromatic heterocycles. The van der Waals surface area contributed by atoms with Crippen molar-refractivity contribution in [3.63, 3.8) is 0 Å². The van der Waals surface area contributed by atoms with Gasteiger partial charge in [-0.1, -0.05) is 19.9 Å². The number of carbonyl (C=O) groups is 2. The van der Waals surface area contributed by atoms with Gasteiger partial charge in [-0.3, -0.25) is 9.59 Å². The number of ketones is 1. The number of aromatic nitrogens is 2. The van der Waals surface area contributed by atoms with E-state index >= 15 is 0 Å². The maximum absolute atomic E-state index is 13.3. The van der Waals surface area contributed by atoms with Gasteiger partial charge in [0, 0.05) is 30.1 Å². The lowest BCUT2D eigenvalue weighted by molar-refractivity contribution is -0.141. The summed E-state index contributed by atoms with van der Waals surface area (Å²) in [6.07, 6.45) is -1.39. The summed E-state index contributed by atoms with van der Waals surface area (Å²) in [5.74, 6) is -1.13. The van der Waals surface area contributed by atoms with E-state index in [2.05, 4.69) is 9.97 Å². The summed E-state index contributed by atoms with van der Waals surface area (Å²) in [7, 11) is 0. The highest BCUT2D eigenvalue weighted by Crippen LogP contribution is 2.48. The minimum Gasteiger partial charge on any atom is -0.338 e. The van der Waals surface area contributed by atoms with Crippen molar-refractivity contribution in [3.05, 3.63) is 34.9 Å². The summed E-state index contributed by atoms with van der Waals surface area (Å²) < 4.78 is 40.0. The Morgan fingerprint density at radius 2 is 2.04 bits per heavy atom. The fourth-order valence-corrected chi connectivity index (χ4v) is 4.18. The van der Waals surface area contributed by atoms with Crippen LogP contribution in [0.15, 0.2) is 17.8 Å². The van der Waals surface area contributed by atoms with E-state index in [0.29, 0.717) is 12.8 Å². The Hall–Kier alpha value is -2.76. The zero-order chi connectivity index (χ0) is 20.9. The van der Waals surface area contributed by atoms with Gasteiger partial charge < -0.3 is 4.90 Å². The van der Waals surface area contributed by atoms with Gasteiger partial charge in [0.2, 0.25) is 0 Å². The summed E-state index contributed by atoms with van der Waals surface area (Å²) in [4.78, 5) is 33.6. The highest BCUT2D eigenvalue weighted by Gasteiger charge is 2.49. The minimum atomic E-state index is -4.77. The number of aryl methyl sites for hydroxylation is 1. The van der Waals surface area contributed by atoms with Crippen LogP contribution in [0.4, 0.5) is 13.2 Å². The van der Waals surface area contributed by atoms with Crippen LogP contribution in [0.1, 0.15) is 48.6 Å². The molecule has 1 aliphatic heterocycles. The number of likely N-dealkylation sites (tertiary alicyclic amines) is 1. The average molecular weight is 392 g/mol. The normalized spacial score (nSPS) is 24.2. The van der Waals surface area contributed by atoms with E-state index in [0.717, 1.165) is 6.20 Å². The first-order valence-electron chi connectivity index (χ1n) is 8.76. The number of halogens is 3. The molecule has 0 radical (unpaired) electrons. The topological polar surface area (TPSA) is 87.0 Å². The maximum Gasteiger partial charge on any atom is 0.434 e. The van der Waals surface area contributed by atoms with Crippen LogP contribution < -0.4 is 0 Å². The van der Waals surface area contributed by atoms with Crippen LogP contribution in [-0.2, 0) is 11.0 Å².